The van der Waals surface area contributed by atoms with E-state index in [1.54, 1.807) is 43.6 Å². The highest BCUT2D eigenvalue weighted by atomic mass is 32.2. The first kappa shape index (κ1) is 20.2. The van der Waals surface area contributed by atoms with Crippen molar-refractivity contribution in [1.82, 2.24) is 8.87 Å². The van der Waals surface area contributed by atoms with Gasteiger partial charge in [0, 0.05) is 24.2 Å². The van der Waals surface area contributed by atoms with Gasteiger partial charge in [-0.3, -0.25) is 0 Å². The lowest BCUT2D eigenvalue weighted by Crippen LogP contribution is -2.20. The molecule has 0 amide bonds. The Hall–Kier alpha value is -2.51. The van der Waals surface area contributed by atoms with Crippen LogP contribution in [0.1, 0.15) is 12.5 Å². The Bertz CT molecular complexity index is 1070. The summed E-state index contributed by atoms with van der Waals surface area (Å²) < 4.78 is 38.9. The normalized spacial score (nSPS) is 11.9. The van der Waals surface area contributed by atoms with Gasteiger partial charge in [0.2, 0.25) is 0 Å². The number of nitrogens with zero attached hydrogens (tertiary/aromatic N) is 2. The number of hydrogen-bond donors (Lipinski definition) is 0. The summed E-state index contributed by atoms with van der Waals surface area (Å²) in [4.78, 5) is 2.23. The lowest BCUT2D eigenvalue weighted by Gasteiger charge is -2.15. The number of fused-ring (bicyclic) bond motifs is 1. The van der Waals surface area contributed by atoms with Crippen LogP contribution >= 0.6 is 0 Å². The molecule has 28 heavy (non-hydrogen) atoms. The Balaban J connectivity index is 1.99. The van der Waals surface area contributed by atoms with E-state index in [1.807, 2.05) is 38.1 Å². The summed E-state index contributed by atoms with van der Waals surface area (Å²) in [7, 11) is 1.78. The van der Waals surface area contributed by atoms with Crippen LogP contribution in [-0.2, 0) is 16.4 Å². The average Bonchev–Trinajstić information content (AvgIpc) is 3.11. The molecule has 0 aliphatic heterocycles. The Labute approximate surface area is 166 Å². The molecule has 0 radical (unpaired) electrons. The zero-order chi connectivity index (χ0) is 20.3. The van der Waals surface area contributed by atoms with Gasteiger partial charge in [0.15, 0.2) is 0 Å². The van der Waals surface area contributed by atoms with E-state index < -0.39 is 10.0 Å². The minimum Gasteiger partial charge on any atom is -0.497 e. The minimum absolute atomic E-state index is 0.206. The van der Waals surface area contributed by atoms with Crippen molar-refractivity contribution in [3.05, 3.63) is 54.2 Å². The van der Waals surface area contributed by atoms with Gasteiger partial charge < -0.3 is 14.4 Å². The van der Waals surface area contributed by atoms with Gasteiger partial charge in [0.05, 0.1) is 17.5 Å². The lowest BCUT2D eigenvalue weighted by molar-refractivity contribution is 0.259. The molecule has 0 N–H and O–H groups in total. The maximum Gasteiger partial charge on any atom is 0.268 e. The third kappa shape index (κ3) is 4.00. The molecule has 0 fully saturated rings. The fraction of sp³-hybridized carbons (Fsp3) is 0.333. The predicted molar refractivity (Wildman–Crippen MR) is 111 cm³/mol. The molecule has 0 aliphatic rings. The molecule has 2 aromatic carbocycles. The van der Waals surface area contributed by atoms with Crippen LogP contribution in [-0.4, -0.2) is 51.6 Å². The van der Waals surface area contributed by atoms with Crippen molar-refractivity contribution in [3.63, 3.8) is 0 Å². The number of hydrogen-bond acceptors (Lipinski definition) is 5. The van der Waals surface area contributed by atoms with E-state index in [-0.39, 0.29) is 4.90 Å². The second kappa shape index (κ2) is 8.24. The number of aromatic nitrogens is 1. The lowest BCUT2D eigenvalue weighted by atomic mass is 10.1. The van der Waals surface area contributed by atoms with Crippen LogP contribution in [0.2, 0.25) is 0 Å². The molecule has 3 rings (SSSR count). The summed E-state index contributed by atoms with van der Waals surface area (Å²) in [5.74, 6) is 1.30. The van der Waals surface area contributed by atoms with Crippen molar-refractivity contribution < 1.29 is 17.9 Å². The number of benzene rings is 2. The maximum absolute atomic E-state index is 13.3. The van der Waals surface area contributed by atoms with Crippen LogP contribution in [0.15, 0.2) is 53.6 Å². The highest BCUT2D eigenvalue weighted by Crippen LogP contribution is 2.29. The summed E-state index contributed by atoms with van der Waals surface area (Å²) in [5.41, 5.74) is 1.59. The van der Waals surface area contributed by atoms with E-state index >= 15 is 0 Å². The van der Waals surface area contributed by atoms with Crippen LogP contribution in [0.4, 0.5) is 0 Å². The van der Waals surface area contributed by atoms with Gasteiger partial charge >= 0.3 is 0 Å². The summed E-state index contributed by atoms with van der Waals surface area (Å²) in [6.45, 7) is 3.27. The molecule has 0 aliphatic carbocycles. The summed E-state index contributed by atoms with van der Waals surface area (Å²) in [6, 6.07) is 12.2. The molecule has 0 spiro atoms. The molecule has 0 atom stereocenters. The third-order valence-corrected chi connectivity index (χ3v) is 6.32. The average molecular weight is 403 g/mol. The van der Waals surface area contributed by atoms with E-state index in [9.17, 15) is 8.42 Å². The molecule has 0 saturated carbocycles. The summed E-state index contributed by atoms with van der Waals surface area (Å²) in [5, 5.41) is 0.801. The van der Waals surface area contributed by atoms with Crippen molar-refractivity contribution in [2.75, 3.05) is 34.4 Å². The molecule has 6 nitrogen and oxygen atoms in total. The number of methoxy groups -OCH3 is 1. The van der Waals surface area contributed by atoms with Crippen LogP contribution in [0.25, 0.3) is 10.9 Å². The largest absolute Gasteiger partial charge is 0.497 e. The van der Waals surface area contributed by atoms with Crippen LogP contribution in [0.3, 0.4) is 0 Å². The van der Waals surface area contributed by atoms with E-state index in [0.717, 1.165) is 23.9 Å². The van der Waals surface area contributed by atoms with Crippen molar-refractivity contribution in [2.24, 2.45) is 0 Å². The molecule has 3 aromatic rings. The predicted octanol–water partition coefficient (Wildman–Crippen LogP) is 3.39. The maximum atomic E-state index is 13.3. The Morgan fingerprint density at radius 1 is 1.07 bits per heavy atom. The first-order valence-corrected chi connectivity index (χ1v) is 10.6. The smallest absolute Gasteiger partial charge is 0.268 e. The molecular weight excluding hydrogens is 376 g/mol. The topological polar surface area (TPSA) is 60.8 Å². The van der Waals surface area contributed by atoms with Gasteiger partial charge in [0.1, 0.15) is 18.1 Å². The Morgan fingerprint density at radius 3 is 2.54 bits per heavy atom. The molecular formula is C21H26N2O4S. The van der Waals surface area contributed by atoms with Crippen molar-refractivity contribution >= 4 is 20.9 Å². The number of likely N-dealkylation sites (N-methyl/N-ethyl adjacent to an activating group) is 1. The van der Waals surface area contributed by atoms with E-state index in [2.05, 4.69) is 0 Å². The van der Waals surface area contributed by atoms with Crippen LogP contribution < -0.4 is 9.47 Å². The molecule has 7 heteroatoms. The second-order valence-electron chi connectivity index (χ2n) is 6.82. The first-order valence-electron chi connectivity index (χ1n) is 9.18. The molecule has 1 heterocycles. The van der Waals surface area contributed by atoms with E-state index in [0.29, 0.717) is 23.6 Å². The molecule has 0 saturated heterocycles. The van der Waals surface area contributed by atoms with E-state index in [4.69, 9.17) is 9.47 Å². The minimum atomic E-state index is -3.75. The highest BCUT2D eigenvalue weighted by Gasteiger charge is 2.21. The zero-order valence-electron chi connectivity index (χ0n) is 16.7. The molecule has 0 unspecified atom stereocenters. The second-order valence-corrected chi connectivity index (χ2v) is 8.63. The number of aryl methyl sites for hydroxylation is 1. The van der Waals surface area contributed by atoms with Crippen molar-refractivity contribution in [1.29, 1.82) is 0 Å². The Morgan fingerprint density at radius 2 is 1.86 bits per heavy atom. The SMILES string of the molecule is CCc1ccc(S(=O)(=O)n2ccc3cc(OC)ccc32)cc1OCCN(C)C. The van der Waals surface area contributed by atoms with Gasteiger partial charge in [-0.05, 0) is 56.4 Å². The quantitative estimate of drug-likeness (QED) is 0.578. The van der Waals surface area contributed by atoms with E-state index in [1.165, 1.54) is 3.97 Å². The van der Waals surface area contributed by atoms with Crippen LogP contribution in [0.5, 0.6) is 11.5 Å². The van der Waals surface area contributed by atoms with Gasteiger partial charge in [-0.2, -0.15) is 0 Å². The standard InChI is InChI=1S/C21H26N2O4S/c1-5-16-6-8-19(15-21(16)27-13-12-22(2)3)28(24,25)23-11-10-17-14-18(26-4)7-9-20(17)23/h6-11,14-15H,5,12-13H2,1-4H3. The molecule has 1 aromatic heterocycles. The van der Waals surface area contributed by atoms with Crippen LogP contribution in [0, 0.1) is 0 Å². The molecule has 0 bridgehead atoms. The summed E-state index contributed by atoms with van der Waals surface area (Å²) >= 11 is 0. The highest BCUT2D eigenvalue weighted by molar-refractivity contribution is 7.90. The van der Waals surface area contributed by atoms with Gasteiger partial charge in [-0.1, -0.05) is 13.0 Å². The number of rotatable bonds is 8. The summed E-state index contributed by atoms with van der Waals surface area (Å²) in [6.07, 6.45) is 2.34. The fourth-order valence-corrected chi connectivity index (χ4v) is 4.37. The monoisotopic (exact) mass is 402 g/mol. The van der Waals surface area contributed by atoms with Crippen molar-refractivity contribution in [3.8, 4) is 11.5 Å². The van der Waals surface area contributed by atoms with Gasteiger partial charge in [-0.25, -0.2) is 12.4 Å². The van der Waals surface area contributed by atoms with Crippen molar-refractivity contribution in [2.45, 2.75) is 18.2 Å². The number of ether oxygens (including phenoxy) is 2. The van der Waals surface area contributed by atoms with Gasteiger partial charge in [-0.15, -0.1) is 0 Å². The first-order chi connectivity index (χ1) is 13.4. The zero-order valence-corrected chi connectivity index (χ0v) is 17.5. The Kier molecular flexibility index (Phi) is 5.96. The fourth-order valence-electron chi connectivity index (χ4n) is 3.01. The third-order valence-electron chi connectivity index (χ3n) is 4.63. The molecule has 150 valence electrons. The van der Waals surface area contributed by atoms with Gasteiger partial charge in [0.25, 0.3) is 10.0 Å².